The van der Waals surface area contributed by atoms with Crippen LogP contribution in [0.15, 0.2) is 24.3 Å². The van der Waals surface area contributed by atoms with E-state index in [0.717, 1.165) is 5.56 Å². The van der Waals surface area contributed by atoms with E-state index in [9.17, 15) is 13.6 Å². The largest absolute Gasteiger partial charge is 0.484 e. The second-order valence-electron chi connectivity index (χ2n) is 3.94. The van der Waals surface area contributed by atoms with Crippen LogP contribution >= 0.6 is 12.4 Å². The van der Waals surface area contributed by atoms with Crippen LogP contribution in [-0.2, 0) is 4.79 Å². The van der Waals surface area contributed by atoms with E-state index in [4.69, 9.17) is 10.5 Å². The van der Waals surface area contributed by atoms with Crippen molar-refractivity contribution in [2.45, 2.75) is 12.8 Å². The first-order valence-electron chi connectivity index (χ1n) is 5.47. The summed E-state index contributed by atoms with van der Waals surface area (Å²) < 4.78 is 30.7. The highest BCUT2D eigenvalue weighted by atomic mass is 35.5. The summed E-state index contributed by atoms with van der Waals surface area (Å²) in [6, 6.07) is 7.11. The number of amides is 1. The van der Waals surface area contributed by atoms with Crippen molar-refractivity contribution in [1.29, 1.82) is 0 Å². The van der Waals surface area contributed by atoms with Crippen LogP contribution in [0, 0.1) is 6.92 Å². The predicted octanol–water partition coefficient (Wildman–Crippen LogP) is 1.51. The molecule has 4 nitrogen and oxygen atoms in total. The van der Waals surface area contributed by atoms with Gasteiger partial charge in [0.2, 0.25) is 0 Å². The molecule has 0 aliphatic rings. The molecule has 0 radical (unpaired) electrons. The molecule has 0 fully saturated rings. The van der Waals surface area contributed by atoms with E-state index < -0.39 is 24.9 Å². The lowest BCUT2D eigenvalue weighted by Gasteiger charge is -2.14. The predicted molar refractivity (Wildman–Crippen MR) is 70.9 cm³/mol. The van der Waals surface area contributed by atoms with Crippen LogP contribution in [0.2, 0.25) is 0 Å². The maximum atomic E-state index is 12.7. The highest BCUT2D eigenvalue weighted by molar-refractivity contribution is 5.85. The number of carbonyl (C=O) groups excluding carboxylic acids is 1. The summed E-state index contributed by atoms with van der Waals surface area (Å²) in [6.45, 7) is 0.00433. The van der Waals surface area contributed by atoms with Crippen molar-refractivity contribution in [1.82, 2.24) is 5.32 Å². The second-order valence-corrected chi connectivity index (χ2v) is 3.94. The van der Waals surface area contributed by atoms with Crippen molar-refractivity contribution in [3.05, 3.63) is 29.8 Å². The van der Waals surface area contributed by atoms with E-state index in [1.807, 2.05) is 13.0 Å². The topological polar surface area (TPSA) is 64.3 Å². The van der Waals surface area contributed by atoms with Gasteiger partial charge in [0, 0.05) is 0 Å². The van der Waals surface area contributed by atoms with Crippen LogP contribution in [0.4, 0.5) is 8.78 Å². The van der Waals surface area contributed by atoms with Crippen LogP contribution in [0.25, 0.3) is 0 Å². The number of nitrogens with one attached hydrogen (secondary N) is 1. The van der Waals surface area contributed by atoms with Crippen molar-refractivity contribution in [2.24, 2.45) is 5.73 Å². The molecule has 0 aliphatic carbocycles. The number of rotatable bonds is 6. The molecule has 0 unspecified atom stereocenters. The van der Waals surface area contributed by atoms with Crippen molar-refractivity contribution in [3.63, 3.8) is 0 Å². The minimum atomic E-state index is -3.08. The molecule has 0 aliphatic heterocycles. The maximum absolute atomic E-state index is 12.7. The SMILES string of the molecule is Cc1cccc(OCC(=O)NCC(F)(F)CN)c1.Cl. The fourth-order valence-corrected chi connectivity index (χ4v) is 1.21. The van der Waals surface area contributed by atoms with Crippen LogP contribution in [0.5, 0.6) is 5.75 Å². The van der Waals surface area contributed by atoms with Gasteiger partial charge in [0.05, 0.1) is 13.1 Å². The maximum Gasteiger partial charge on any atom is 0.277 e. The third-order valence-electron chi connectivity index (χ3n) is 2.20. The van der Waals surface area contributed by atoms with E-state index in [0.29, 0.717) is 5.75 Å². The van der Waals surface area contributed by atoms with Crippen molar-refractivity contribution < 1.29 is 18.3 Å². The zero-order valence-electron chi connectivity index (χ0n) is 10.5. The number of hydrogen-bond donors (Lipinski definition) is 2. The molecule has 19 heavy (non-hydrogen) atoms. The van der Waals surface area contributed by atoms with Crippen molar-refractivity contribution in [3.8, 4) is 5.75 Å². The Balaban J connectivity index is 0.00000324. The van der Waals surface area contributed by atoms with E-state index >= 15 is 0 Å². The summed E-state index contributed by atoms with van der Waals surface area (Å²) in [6.07, 6.45) is 0. The first-order valence-corrected chi connectivity index (χ1v) is 5.47. The molecule has 108 valence electrons. The molecular weight excluding hydrogens is 278 g/mol. The van der Waals surface area contributed by atoms with Gasteiger partial charge in [0.25, 0.3) is 11.8 Å². The molecule has 0 bridgehead atoms. The van der Waals surface area contributed by atoms with E-state index in [1.165, 1.54) is 0 Å². The molecule has 7 heteroatoms. The number of benzene rings is 1. The first-order chi connectivity index (χ1) is 8.43. The molecule has 1 rings (SSSR count). The van der Waals surface area contributed by atoms with Crippen molar-refractivity contribution >= 4 is 18.3 Å². The Kier molecular flexibility index (Phi) is 7.33. The van der Waals surface area contributed by atoms with Crippen LogP contribution in [0.3, 0.4) is 0 Å². The third kappa shape index (κ3) is 6.93. The van der Waals surface area contributed by atoms with E-state index in [2.05, 4.69) is 5.32 Å². The molecule has 0 spiro atoms. The molecule has 1 aromatic rings. The normalized spacial score (nSPS) is 10.5. The molecule has 0 saturated heterocycles. The van der Waals surface area contributed by atoms with Crippen LogP contribution in [-0.4, -0.2) is 31.5 Å². The Morgan fingerprint density at radius 1 is 1.47 bits per heavy atom. The van der Waals surface area contributed by atoms with Gasteiger partial charge in [-0.2, -0.15) is 0 Å². The van der Waals surface area contributed by atoms with Crippen molar-refractivity contribution in [2.75, 3.05) is 19.7 Å². The van der Waals surface area contributed by atoms with Gasteiger partial charge in [-0.3, -0.25) is 4.79 Å². The summed E-state index contributed by atoms with van der Waals surface area (Å²) >= 11 is 0. The van der Waals surface area contributed by atoms with Gasteiger partial charge in [0.1, 0.15) is 5.75 Å². The zero-order chi connectivity index (χ0) is 13.6. The Bertz CT molecular complexity index is 416. The minimum Gasteiger partial charge on any atom is -0.484 e. The quantitative estimate of drug-likeness (QED) is 0.836. The number of hydrogen-bond acceptors (Lipinski definition) is 3. The number of nitrogens with two attached hydrogens (primary N) is 1. The number of halogens is 3. The Morgan fingerprint density at radius 3 is 2.74 bits per heavy atom. The van der Waals surface area contributed by atoms with Gasteiger partial charge in [0.15, 0.2) is 6.61 Å². The van der Waals surface area contributed by atoms with E-state index in [-0.39, 0.29) is 19.0 Å². The standard InChI is InChI=1S/C12H16F2N2O2.ClH/c1-9-3-2-4-10(5-9)18-6-11(17)16-8-12(13,14)7-15;/h2-5H,6-8,15H2,1H3,(H,16,17);1H. The zero-order valence-corrected chi connectivity index (χ0v) is 11.3. The fourth-order valence-electron chi connectivity index (χ4n) is 1.21. The molecule has 0 saturated carbocycles. The van der Waals surface area contributed by atoms with Gasteiger partial charge in [-0.05, 0) is 24.6 Å². The van der Waals surface area contributed by atoms with Gasteiger partial charge in [-0.1, -0.05) is 12.1 Å². The highest BCUT2D eigenvalue weighted by Crippen LogP contribution is 2.12. The fraction of sp³-hybridized carbons (Fsp3) is 0.417. The second kappa shape index (κ2) is 7.91. The number of ether oxygens (including phenoxy) is 1. The Morgan fingerprint density at radius 2 is 2.16 bits per heavy atom. The lowest BCUT2D eigenvalue weighted by atomic mass is 10.2. The summed E-state index contributed by atoms with van der Waals surface area (Å²) in [5, 5.41) is 2.06. The Hall–Kier alpha value is -1.40. The average Bonchev–Trinajstić information content (AvgIpc) is 2.34. The van der Waals surface area contributed by atoms with Gasteiger partial charge in [-0.25, -0.2) is 8.78 Å². The average molecular weight is 295 g/mol. The summed E-state index contributed by atoms with van der Waals surface area (Å²) in [4.78, 5) is 11.3. The van der Waals surface area contributed by atoms with Gasteiger partial charge < -0.3 is 15.8 Å². The molecule has 0 atom stereocenters. The number of aryl methyl sites for hydroxylation is 1. The molecule has 1 aromatic carbocycles. The third-order valence-corrected chi connectivity index (χ3v) is 2.20. The van der Waals surface area contributed by atoms with E-state index in [1.54, 1.807) is 18.2 Å². The molecule has 0 heterocycles. The highest BCUT2D eigenvalue weighted by Gasteiger charge is 2.27. The smallest absolute Gasteiger partial charge is 0.277 e. The molecule has 0 aromatic heterocycles. The Labute approximate surface area is 116 Å². The minimum absolute atomic E-state index is 0. The number of carbonyl (C=O) groups is 1. The summed E-state index contributed by atoms with van der Waals surface area (Å²) in [5.74, 6) is -3.17. The summed E-state index contributed by atoms with van der Waals surface area (Å²) in [5.41, 5.74) is 5.83. The molecule has 1 amide bonds. The van der Waals surface area contributed by atoms with Gasteiger partial charge in [-0.15, -0.1) is 12.4 Å². The first kappa shape index (κ1) is 17.6. The van der Waals surface area contributed by atoms with Crippen LogP contribution in [0.1, 0.15) is 5.56 Å². The summed E-state index contributed by atoms with van der Waals surface area (Å²) in [7, 11) is 0. The molecule has 3 N–H and O–H groups in total. The van der Waals surface area contributed by atoms with Gasteiger partial charge >= 0.3 is 0 Å². The molecular formula is C12H17ClF2N2O2. The van der Waals surface area contributed by atoms with Crippen LogP contribution < -0.4 is 15.8 Å². The monoisotopic (exact) mass is 294 g/mol. The number of alkyl halides is 2. The lowest BCUT2D eigenvalue weighted by Crippen LogP contribution is -2.43. The lowest BCUT2D eigenvalue weighted by molar-refractivity contribution is -0.124.